The van der Waals surface area contributed by atoms with Crippen LogP contribution in [0.2, 0.25) is 0 Å². The Kier molecular flexibility index (Phi) is 3.10. The smallest absolute Gasteiger partial charge is 0.198 e. The summed E-state index contributed by atoms with van der Waals surface area (Å²) in [5.74, 6) is 1.04. The van der Waals surface area contributed by atoms with Crippen LogP contribution in [0.4, 0.5) is 0 Å². The van der Waals surface area contributed by atoms with Crippen molar-refractivity contribution in [2.24, 2.45) is 5.10 Å². The molecule has 1 aromatic carbocycles. The minimum atomic E-state index is -0.232. The SMILES string of the molecule is Brc1ccc2c(c1)C1CC(c3cccs3)=NN1C1(CCCC1)O2. The summed E-state index contributed by atoms with van der Waals surface area (Å²) in [6.45, 7) is 0. The molecule has 23 heavy (non-hydrogen) atoms. The van der Waals surface area contributed by atoms with E-state index in [2.05, 4.69) is 56.7 Å². The van der Waals surface area contributed by atoms with Crippen LogP contribution in [0.15, 0.2) is 45.3 Å². The third kappa shape index (κ3) is 2.09. The summed E-state index contributed by atoms with van der Waals surface area (Å²) in [6, 6.07) is 11.0. The summed E-state index contributed by atoms with van der Waals surface area (Å²) in [5.41, 5.74) is 2.23. The van der Waals surface area contributed by atoms with Crippen molar-refractivity contribution in [3.8, 4) is 5.75 Å². The highest BCUT2D eigenvalue weighted by molar-refractivity contribution is 9.10. The van der Waals surface area contributed by atoms with Crippen molar-refractivity contribution in [2.75, 3.05) is 0 Å². The van der Waals surface area contributed by atoms with Crippen molar-refractivity contribution >= 4 is 33.0 Å². The third-order valence-corrected chi connectivity index (χ3v) is 6.56. The van der Waals surface area contributed by atoms with Crippen LogP contribution in [0.25, 0.3) is 0 Å². The zero-order valence-electron chi connectivity index (χ0n) is 12.7. The molecule has 2 aliphatic heterocycles. The van der Waals surface area contributed by atoms with Gasteiger partial charge in [0.1, 0.15) is 5.75 Å². The Morgan fingerprint density at radius 3 is 2.91 bits per heavy atom. The van der Waals surface area contributed by atoms with Crippen LogP contribution in [-0.4, -0.2) is 16.4 Å². The summed E-state index contributed by atoms with van der Waals surface area (Å²) in [4.78, 5) is 1.28. The Bertz CT molecular complexity index is 780. The minimum absolute atomic E-state index is 0.232. The molecule has 0 amide bonds. The van der Waals surface area contributed by atoms with Crippen molar-refractivity contribution in [2.45, 2.75) is 43.9 Å². The van der Waals surface area contributed by atoms with E-state index in [0.29, 0.717) is 6.04 Å². The van der Waals surface area contributed by atoms with E-state index in [4.69, 9.17) is 9.84 Å². The molecule has 1 aliphatic carbocycles. The van der Waals surface area contributed by atoms with Crippen molar-refractivity contribution < 1.29 is 4.74 Å². The number of rotatable bonds is 1. The van der Waals surface area contributed by atoms with Gasteiger partial charge in [0, 0.05) is 29.3 Å². The van der Waals surface area contributed by atoms with Gasteiger partial charge in [0.05, 0.1) is 16.6 Å². The van der Waals surface area contributed by atoms with E-state index in [1.165, 1.54) is 29.0 Å². The maximum Gasteiger partial charge on any atom is 0.198 e. The highest BCUT2D eigenvalue weighted by Gasteiger charge is 2.51. The number of fused-ring (bicyclic) bond motifs is 4. The van der Waals surface area contributed by atoms with E-state index in [0.717, 1.165) is 29.5 Å². The quantitative estimate of drug-likeness (QED) is 0.659. The van der Waals surface area contributed by atoms with E-state index in [1.54, 1.807) is 11.3 Å². The number of halogens is 1. The molecule has 1 saturated carbocycles. The summed E-state index contributed by atoms with van der Waals surface area (Å²) in [6.07, 6.45) is 5.55. The van der Waals surface area contributed by atoms with Gasteiger partial charge in [-0.1, -0.05) is 22.0 Å². The molecule has 3 heterocycles. The lowest BCUT2D eigenvalue weighted by Crippen LogP contribution is -2.51. The Labute approximate surface area is 148 Å². The van der Waals surface area contributed by atoms with Crippen LogP contribution < -0.4 is 4.74 Å². The number of hydrogen-bond acceptors (Lipinski definition) is 4. The molecule has 1 aromatic heterocycles. The molecule has 0 saturated heterocycles. The maximum atomic E-state index is 6.52. The van der Waals surface area contributed by atoms with Gasteiger partial charge in [-0.15, -0.1) is 11.3 Å². The second-order valence-corrected chi connectivity index (χ2v) is 8.39. The van der Waals surface area contributed by atoms with Crippen LogP contribution in [0.1, 0.15) is 48.6 Å². The topological polar surface area (TPSA) is 24.8 Å². The van der Waals surface area contributed by atoms with E-state index in [-0.39, 0.29) is 5.72 Å². The van der Waals surface area contributed by atoms with Gasteiger partial charge in [-0.2, -0.15) is 5.10 Å². The minimum Gasteiger partial charge on any atom is -0.466 e. The first-order chi connectivity index (χ1) is 11.3. The van der Waals surface area contributed by atoms with E-state index in [1.807, 2.05) is 0 Å². The largest absolute Gasteiger partial charge is 0.466 e. The van der Waals surface area contributed by atoms with Crippen LogP contribution in [0.5, 0.6) is 5.75 Å². The number of nitrogens with zero attached hydrogens (tertiary/aromatic N) is 2. The van der Waals surface area contributed by atoms with Gasteiger partial charge in [0.25, 0.3) is 0 Å². The molecule has 1 atom stereocenters. The van der Waals surface area contributed by atoms with Crippen LogP contribution in [-0.2, 0) is 0 Å². The van der Waals surface area contributed by atoms with E-state index in [9.17, 15) is 0 Å². The Morgan fingerprint density at radius 2 is 2.13 bits per heavy atom. The second kappa shape index (κ2) is 5.08. The molecule has 2 aromatic rings. The zero-order valence-corrected chi connectivity index (χ0v) is 15.1. The van der Waals surface area contributed by atoms with Gasteiger partial charge in [-0.25, -0.2) is 5.01 Å². The first kappa shape index (κ1) is 14.1. The molecule has 1 spiro atoms. The molecule has 0 radical (unpaired) electrons. The highest BCUT2D eigenvalue weighted by atomic mass is 79.9. The summed E-state index contributed by atoms with van der Waals surface area (Å²) in [5, 5.41) is 9.44. The van der Waals surface area contributed by atoms with Crippen molar-refractivity contribution in [1.82, 2.24) is 5.01 Å². The average molecular weight is 389 g/mol. The Morgan fingerprint density at radius 1 is 1.26 bits per heavy atom. The van der Waals surface area contributed by atoms with Gasteiger partial charge in [0.15, 0.2) is 5.72 Å². The lowest BCUT2D eigenvalue weighted by molar-refractivity contribution is -0.114. The molecule has 1 unspecified atom stereocenters. The Hall–Kier alpha value is -1.33. The number of hydrazone groups is 1. The monoisotopic (exact) mass is 388 g/mol. The average Bonchev–Trinajstić information content (AvgIpc) is 3.28. The van der Waals surface area contributed by atoms with Gasteiger partial charge in [0.2, 0.25) is 0 Å². The van der Waals surface area contributed by atoms with Gasteiger partial charge in [-0.3, -0.25) is 0 Å². The van der Waals surface area contributed by atoms with Crippen LogP contribution in [0.3, 0.4) is 0 Å². The molecule has 3 aliphatic rings. The summed E-state index contributed by atoms with van der Waals surface area (Å²) >= 11 is 5.38. The molecular weight excluding hydrogens is 372 g/mol. The van der Waals surface area contributed by atoms with Crippen molar-refractivity contribution in [1.29, 1.82) is 0 Å². The molecule has 0 bridgehead atoms. The van der Waals surface area contributed by atoms with Gasteiger partial charge < -0.3 is 4.74 Å². The molecule has 5 rings (SSSR count). The van der Waals surface area contributed by atoms with E-state index < -0.39 is 0 Å². The first-order valence-corrected chi connectivity index (χ1v) is 9.82. The standard InChI is InChI=1S/C18H17BrN2OS/c19-12-5-6-16-13(10-12)15-11-14(17-4-3-9-23-17)20-21(15)18(22-16)7-1-2-8-18/h3-6,9-10,15H,1-2,7-8,11H2. The normalized spacial score (nSPS) is 24.3. The first-order valence-electron chi connectivity index (χ1n) is 8.14. The van der Waals surface area contributed by atoms with Crippen molar-refractivity contribution in [3.05, 3.63) is 50.6 Å². The van der Waals surface area contributed by atoms with Crippen molar-refractivity contribution in [3.63, 3.8) is 0 Å². The number of ether oxygens (including phenoxy) is 1. The molecule has 5 heteroatoms. The molecule has 3 nitrogen and oxygen atoms in total. The van der Waals surface area contributed by atoms with Crippen LogP contribution >= 0.6 is 27.3 Å². The highest BCUT2D eigenvalue weighted by Crippen LogP contribution is 2.52. The third-order valence-electron chi connectivity index (χ3n) is 5.15. The fourth-order valence-electron chi connectivity index (χ4n) is 4.10. The molecular formula is C18H17BrN2OS. The zero-order chi connectivity index (χ0) is 15.4. The lowest BCUT2D eigenvalue weighted by Gasteiger charge is -2.45. The maximum absolute atomic E-state index is 6.52. The van der Waals surface area contributed by atoms with Gasteiger partial charge in [-0.05, 0) is 42.5 Å². The fraction of sp³-hybridized carbons (Fsp3) is 0.389. The fourth-order valence-corrected chi connectivity index (χ4v) is 5.20. The predicted molar refractivity (Wildman–Crippen MR) is 96.0 cm³/mol. The molecule has 0 N–H and O–H groups in total. The molecule has 1 fully saturated rings. The number of hydrogen-bond donors (Lipinski definition) is 0. The molecule has 118 valence electrons. The van der Waals surface area contributed by atoms with E-state index >= 15 is 0 Å². The number of benzene rings is 1. The summed E-state index contributed by atoms with van der Waals surface area (Å²) < 4.78 is 7.62. The Balaban J connectivity index is 1.63. The van der Waals surface area contributed by atoms with Gasteiger partial charge >= 0.3 is 0 Å². The van der Waals surface area contributed by atoms with Crippen LogP contribution in [0, 0.1) is 0 Å². The predicted octanol–water partition coefficient (Wildman–Crippen LogP) is 5.32. The summed E-state index contributed by atoms with van der Waals surface area (Å²) in [7, 11) is 0. The number of thiophene rings is 1. The lowest BCUT2D eigenvalue weighted by atomic mass is 9.95. The second-order valence-electron chi connectivity index (χ2n) is 6.53.